The highest BCUT2D eigenvalue weighted by atomic mass is 16.5. The lowest BCUT2D eigenvalue weighted by atomic mass is 9.96. The van der Waals surface area contributed by atoms with Gasteiger partial charge in [0.15, 0.2) is 0 Å². The molecule has 0 saturated heterocycles. The average Bonchev–Trinajstić information content (AvgIpc) is 3.31. The first-order valence-corrected chi connectivity index (χ1v) is 11.1. The van der Waals surface area contributed by atoms with Gasteiger partial charge in [0.1, 0.15) is 22.8 Å². The summed E-state index contributed by atoms with van der Waals surface area (Å²) in [4.78, 5) is 16.9. The van der Waals surface area contributed by atoms with Gasteiger partial charge in [-0.1, -0.05) is 6.07 Å². The van der Waals surface area contributed by atoms with Crippen LogP contribution >= 0.6 is 0 Å². The third-order valence-corrected chi connectivity index (χ3v) is 5.89. The Hall–Kier alpha value is -4.26. The standard InChI is InChI=1S/C28H28N2O5/c1-17(12-26(31)30-15-19-8-6-7-11-29-19)21-14-23-24(16-35-28(23)18(2)27(21)34-5)22-13-20(32-3)9-10-25(22)33-4/h6-14,16H,15H2,1-5H3,(H,30,31)/b17-12+. The number of ether oxygens (including phenoxy) is 3. The first kappa shape index (κ1) is 23.9. The number of aryl methyl sites for hydroxylation is 1. The van der Waals surface area contributed by atoms with E-state index in [1.807, 2.05) is 56.3 Å². The van der Waals surface area contributed by atoms with Crippen LogP contribution in [0.4, 0.5) is 0 Å². The SMILES string of the molecule is COc1ccc(OC)c(-c2coc3c(C)c(OC)c(/C(C)=C/C(=O)NCc4ccccn4)cc23)c1. The van der Waals surface area contributed by atoms with E-state index in [4.69, 9.17) is 18.6 Å². The molecular weight excluding hydrogens is 444 g/mol. The van der Waals surface area contributed by atoms with Crippen LogP contribution in [0.25, 0.3) is 27.7 Å². The van der Waals surface area contributed by atoms with Crippen LogP contribution < -0.4 is 19.5 Å². The molecule has 35 heavy (non-hydrogen) atoms. The van der Waals surface area contributed by atoms with Gasteiger partial charge in [0, 0.05) is 39.9 Å². The summed E-state index contributed by atoms with van der Waals surface area (Å²) in [5.74, 6) is 1.85. The number of methoxy groups -OCH3 is 3. The van der Waals surface area contributed by atoms with Crippen molar-refractivity contribution < 1.29 is 23.4 Å². The molecule has 2 heterocycles. The molecule has 0 spiro atoms. The van der Waals surface area contributed by atoms with Gasteiger partial charge in [-0.15, -0.1) is 0 Å². The zero-order valence-electron chi connectivity index (χ0n) is 20.5. The van der Waals surface area contributed by atoms with Crippen molar-refractivity contribution in [3.05, 3.63) is 77.8 Å². The predicted octanol–water partition coefficient (Wildman–Crippen LogP) is 5.55. The quantitative estimate of drug-likeness (QED) is 0.339. The minimum atomic E-state index is -0.213. The molecule has 0 atom stereocenters. The number of hydrogen-bond acceptors (Lipinski definition) is 6. The molecule has 0 aliphatic heterocycles. The third-order valence-electron chi connectivity index (χ3n) is 5.89. The van der Waals surface area contributed by atoms with E-state index in [1.165, 1.54) is 0 Å². The summed E-state index contributed by atoms with van der Waals surface area (Å²) in [5, 5.41) is 3.76. The van der Waals surface area contributed by atoms with Crippen molar-refractivity contribution in [1.29, 1.82) is 0 Å². The van der Waals surface area contributed by atoms with Gasteiger partial charge in [0.25, 0.3) is 0 Å². The molecule has 7 nitrogen and oxygen atoms in total. The number of benzene rings is 2. The van der Waals surface area contributed by atoms with Crippen molar-refractivity contribution in [3.8, 4) is 28.4 Å². The number of amides is 1. The maximum absolute atomic E-state index is 12.6. The number of nitrogens with one attached hydrogen (secondary N) is 1. The molecular formula is C28H28N2O5. The summed E-state index contributed by atoms with van der Waals surface area (Å²) in [5.41, 5.74) is 5.60. The average molecular weight is 473 g/mol. The maximum Gasteiger partial charge on any atom is 0.244 e. The second-order valence-corrected chi connectivity index (χ2v) is 8.04. The van der Waals surface area contributed by atoms with E-state index in [9.17, 15) is 4.79 Å². The predicted molar refractivity (Wildman–Crippen MR) is 136 cm³/mol. The van der Waals surface area contributed by atoms with Crippen molar-refractivity contribution in [2.24, 2.45) is 0 Å². The van der Waals surface area contributed by atoms with Gasteiger partial charge in [0.2, 0.25) is 5.91 Å². The Morgan fingerprint density at radius 1 is 1.06 bits per heavy atom. The number of pyridine rings is 1. The molecule has 1 N–H and O–H groups in total. The highest BCUT2D eigenvalue weighted by molar-refractivity contribution is 6.02. The molecule has 0 radical (unpaired) electrons. The van der Waals surface area contributed by atoms with Gasteiger partial charge in [-0.2, -0.15) is 0 Å². The number of carbonyl (C=O) groups is 1. The Kier molecular flexibility index (Phi) is 7.06. The summed E-state index contributed by atoms with van der Waals surface area (Å²) < 4.78 is 22.7. The van der Waals surface area contributed by atoms with Gasteiger partial charge in [-0.3, -0.25) is 9.78 Å². The van der Waals surface area contributed by atoms with E-state index >= 15 is 0 Å². The number of rotatable bonds is 8. The highest BCUT2D eigenvalue weighted by Gasteiger charge is 2.20. The molecule has 7 heteroatoms. The van der Waals surface area contributed by atoms with E-state index < -0.39 is 0 Å². The number of furan rings is 1. The van der Waals surface area contributed by atoms with Gasteiger partial charge in [-0.25, -0.2) is 0 Å². The summed E-state index contributed by atoms with van der Waals surface area (Å²) >= 11 is 0. The molecule has 0 unspecified atom stereocenters. The van der Waals surface area contributed by atoms with Crippen molar-refractivity contribution in [2.45, 2.75) is 20.4 Å². The molecule has 0 aliphatic carbocycles. The second kappa shape index (κ2) is 10.3. The minimum Gasteiger partial charge on any atom is -0.497 e. The zero-order valence-corrected chi connectivity index (χ0v) is 20.5. The van der Waals surface area contributed by atoms with Gasteiger partial charge in [0.05, 0.1) is 39.8 Å². The van der Waals surface area contributed by atoms with Crippen molar-refractivity contribution >= 4 is 22.4 Å². The number of allylic oxidation sites excluding steroid dienone is 1. The number of hydrogen-bond donors (Lipinski definition) is 1. The smallest absolute Gasteiger partial charge is 0.244 e. The minimum absolute atomic E-state index is 0.213. The monoisotopic (exact) mass is 472 g/mol. The Morgan fingerprint density at radius 2 is 1.89 bits per heavy atom. The second-order valence-electron chi connectivity index (χ2n) is 8.04. The lowest BCUT2D eigenvalue weighted by Crippen LogP contribution is -2.21. The Morgan fingerprint density at radius 3 is 2.57 bits per heavy atom. The Balaban J connectivity index is 1.76. The molecule has 4 aromatic rings. The maximum atomic E-state index is 12.6. The van der Waals surface area contributed by atoms with E-state index in [0.717, 1.165) is 38.9 Å². The highest BCUT2D eigenvalue weighted by Crippen LogP contribution is 2.43. The van der Waals surface area contributed by atoms with E-state index in [-0.39, 0.29) is 5.91 Å². The Bertz CT molecular complexity index is 1390. The number of carbonyl (C=O) groups excluding carboxylic acids is 1. The van der Waals surface area contributed by atoms with E-state index in [2.05, 4.69) is 10.3 Å². The molecule has 180 valence electrons. The van der Waals surface area contributed by atoms with Gasteiger partial charge in [-0.05, 0) is 55.8 Å². The summed E-state index contributed by atoms with van der Waals surface area (Å²) in [6.07, 6.45) is 4.97. The fourth-order valence-corrected chi connectivity index (χ4v) is 4.11. The van der Waals surface area contributed by atoms with Crippen LogP contribution in [0.3, 0.4) is 0 Å². The van der Waals surface area contributed by atoms with Crippen LogP contribution in [0.5, 0.6) is 17.2 Å². The molecule has 0 bridgehead atoms. The molecule has 0 saturated carbocycles. The fraction of sp³-hybridized carbons (Fsp3) is 0.214. The number of nitrogens with zero attached hydrogens (tertiary/aromatic N) is 1. The lowest BCUT2D eigenvalue weighted by molar-refractivity contribution is -0.116. The van der Waals surface area contributed by atoms with Crippen molar-refractivity contribution in [2.75, 3.05) is 21.3 Å². The first-order chi connectivity index (χ1) is 17.0. The third kappa shape index (κ3) is 4.84. The van der Waals surface area contributed by atoms with Crippen molar-refractivity contribution in [1.82, 2.24) is 10.3 Å². The van der Waals surface area contributed by atoms with Crippen LogP contribution in [-0.4, -0.2) is 32.2 Å². The number of aromatic nitrogens is 1. The largest absolute Gasteiger partial charge is 0.497 e. The molecule has 0 fully saturated rings. The van der Waals surface area contributed by atoms with E-state index in [0.29, 0.717) is 29.4 Å². The van der Waals surface area contributed by atoms with Gasteiger partial charge >= 0.3 is 0 Å². The van der Waals surface area contributed by atoms with Crippen LogP contribution in [0.1, 0.15) is 23.7 Å². The first-order valence-electron chi connectivity index (χ1n) is 11.1. The molecule has 4 rings (SSSR count). The molecule has 2 aromatic carbocycles. The van der Waals surface area contributed by atoms with Crippen LogP contribution in [0, 0.1) is 6.92 Å². The van der Waals surface area contributed by atoms with Crippen molar-refractivity contribution in [3.63, 3.8) is 0 Å². The fourth-order valence-electron chi connectivity index (χ4n) is 4.11. The molecule has 2 aromatic heterocycles. The normalized spacial score (nSPS) is 11.4. The van der Waals surface area contributed by atoms with Crippen LogP contribution in [0.15, 0.2) is 65.4 Å². The zero-order chi connectivity index (χ0) is 24.9. The molecule has 0 aliphatic rings. The van der Waals surface area contributed by atoms with Crippen LogP contribution in [-0.2, 0) is 11.3 Å². The van der Waals surface area contributed by atoms with Gasteiger partial charge < -0.3 is 23.9 Å². The summed E-state index contributed by atoms with van der Waals surface area (Å²) in [7, 11) is 4.87. The number of fused-ring (bicyclic) bond motifs is 1. The summed E-state index contributed by atoms with van der Waals surface area (Å²) in [6, 6.07) is 13.2. The molecule has 1 amide bonds. The Labute approximate surface area is 204 Å². The topological polar surface area (TPSA) is 82.8 Å². The summed E-state index contributed by atoms with van der Waals surface area (Å²) in [6.45, 7) is 4.17. The van der Waals surface area contributed by atoms with Crippen LogP contribution in [0.2, 0.25) is 0 Å². The van der Waals surface area contributed by atoms with E-state index in [1.54, 1.807) is 39.9 Å². The lowest BCUT2D eigenvalue weighted by Gasteiger charge is -2.14.